The summed E-state index contributed by atoms with van der Waals surface area (Å²) in [6.07, 6.45) is 2.60. The van der Waals surface area contributed by atoms with Crippen molar-refractivity contribution in [1.29, 1.82) is 0 Å². The van der Waals surface area contributed by atoms with Gasteiger partial charge in [-0.25, -0.2) is 0 Å². The minimum absolute atomic E-state index is 0.564. The van der Waals surface area contributed by atoms with E-state index >= 15 is 0 Å². The predicted molar refractivity (Wildman–Crippen MR) is 82.5 cm³/mol. The predicted octanol–water partition coefficient (Wildman–Crippen LogP) is 5.37. The molecule has 1 N–H and O–H groups in total. The van der Waals surface area contributed by atoms with Crippen molar-refractivity contribution >= 4 is 40.9 Å². The molecule has 0 aliphatic carbocycles. The number of benzene rings is 1. The van der Waals surface area contributed by atoms with Gasteiger partial charge in [-0.3, -0.25) is 4.79 Å². The highest BCUT2D eigenvalue weighted by atomic mass is 35.5. The van der Waals surface area contributed by atoms with Gasteiger partial charge in [0.2, 0.25) is 0 Å². The zero-order valence-corrected chi connectivity index (χ0v) is 13.4. The largest absolute Gasteiger partial charge is 0.481 e. The molecule has 0 saturated heterocycles. The van der Waals surface area contributed by atoms with E-state index in [0.29, 0.717) is 16.5 Å². The van der Waals surface area contributed by atoms with Crippen molar-refractivity contribution in [3.63, 3.8) is 0 Å². The van der Waals surface area contributed by atoms with Gasteiger partial charge in [-0.05, 0) is 50.6 Å². The lowest BCUT2D eigenvalue weighted by Crippen LogP contribution is -2.23. The zero-order chi connectivity index (χ0) is 14.5. The van der Waals surface area contributed by atoms with E-state index in [1.54, 1.807) is 31.7 Å². The first-order valence-corrected chi connectivity index (χ1v) is 7.88. The Morgan fingerprint density at radius 2 is 1.95 bits per heavy atom. The number of halogens is 2. The maximum Gasteiger partial charge on any atom is 0.309 e. The third kappa shape index (κ3) is 5.64. The summed E-state index contributed by atoms with van der Waals surface area (Å²) in [4.78, 5) is 12.0. The van der Waals surface area contributed by atoms with Gasteiger partial charge in [-0.15, -0.1) is 11.8 Å². The molecular weight excluding hydrogens is 303 g/mol. The average molecular weight is 321 g/mol. The van der Waals surface area contributed by atoms with E-state index in [1.807, 2.05) is 12.1 Å². The van der Waals surface area contributed by atoms with Gasteiger partial charge in [0.1, 0.15) is 0 Å². The van der Waals surface area contributed by atoms with Crippen molar-refractivity contribution in [3.05, 3.63) is 28.2 Å². The molecule has 19 heavy (non-hydrogen) atoms. The Morgan fingerprint density at radius 3 is 2.53 bits per heavy atom. The number of thioether (sulfide) groups is 1. The highest BCUT2D eigenvalue weighted by Crippen LogP contribution is 2.29. The highest BCUT2D eigenvalue weighted by molar-refractivity contribution is 7.99. The van der Waals surface area contributed by atoms with Crippen LogP contribution in [0.1, 0.15) is 33.1 Å². The van der Waals surface area contributed by atoms with Crippen LogP contribution in [0.15, 0.2) is 23.1 Å². The number of unbranched alkanes of at least 4 members (excludes halogenated alkanes) is 1. The molecule has 0 unspecified atom stereocenters. The molecule has 1 rings (SSSR count). The van der Waals surface area contributed by atoms with Gasteiger partial charge in [0.05, 0.1) is 15.5 Å². The van der Waals surface area contributed by atoms with E-state index in [-0.39, 0.29) is 0 Å². The van der Waals surface area contributed by atoms with Gasteiger partial charge in [-0.1, -0.05) is 29.6 Å². The number of aliphatic carboxylic acids is 1. The lowest BCUT2D eigenvalue weighted by Gasteiger charge is -2.18. The third-order valence-corrected chi connectivity index (χ3v) is 4.75. The Kier molecular flexibility index (Phi) is 6.51. The van der Waals surface area contributed by atoms with Crippen LogP contribution in [0.4, 0.5) is 0 Å². The van der Waals surface area contributed by atoms with Gasteiger partial charge < -0.3 is 5.11 Å². The number of hydrogen-bond acceptors (Lipinski definition) is 2. The summed E-state index contributed by atoms with van der Waals surface area (Å²) < 4.78 is 0. The maximum absolute atomic E-state index is 10.9. The third-order valence-electron chi connectivity index (χ3n) is 2.93. The van der Waals surface area contributed by atoms with Gasteiger partial charge >= 0.3 is 5.97 Å². The first kappa shape index (κ1) is 16.7. The normalized spacial score (nSPS) is 11.6. The number of rotatable bonds is 7. The van der Waals surface area contributed by atoms with Crippen LogP contribution in [0.5, 0.6) is 0 Å². The number of hydrogen-bond donors (Lipinski definition) is 1. The second-order valence-electron chi connectivity index (χ2n) is 5.07. The molecule has 0 aliphatic rings. The van der Waals surface area contributed by atoms with E-state index < -0.39 is 11.4 Å². The van der Waals surface area contributed by atoms with Crippen molar-refractivity contribution < 1.29 is 9.90 Å². The highest BCUT2D eigenvalue weighted by Gasteiger charge is 2.25. The second kappa shape index (κ2) is 7.41. The summed E-state index contributed by atoms with van der Waals surface area (Å²) in [5.41, 5.74) is -0.631. The van der Waals surface area contributed by atoms with Crippen molar-refractivity contribution in [2.45, 2.75) is 38.0 Å². The van der Waals surface area contributed by atoms with Crippen LogP contribution < -0.4 is 0 Å². The molecule has 0 heterocycles. The molecule has 0 spiro atoms. The van der Waals surface area contributed by atoms with Gasteiger partial charge in [0, 0.05) is 4.90 Å². The lowest BCUT2D eigenvalue weighted by atomic mass is 9.88. The zero-order valence-electron chi connectivity index (χ0n) is 11.1. The van der Waals surface area contributed by atoms with E-state index in [0.717, 1.165) is 23.5 Å². The lowest BCUT2D eigenvalue weighted by molar-refractivity contribution is -0.147. The fourth-order valence-electron chi connectivity index (χ4n) is 1.53. The summed E-state index contributed by atoms with van der Waals surface area (Å²) in [5.74, 6) is 0.220. The molecular formula is C14H18Cl2O2S. The van der Waals surface area contributed by atoms with Crippen molar-refractivity contribution in [2.75, 3.05) is 5.75 Å². The summed E-state index contributed by atoms with van der Waals surface area (Å²) in [5, 5.41) is 10.1. The number of carboxylic acid groups (broad SMARTS) is 1. The summed E-state index contributed by atoms with van der Waals surface area (Å²) >= 11 is 13.5. The molecule has 2 nitrogen and oxygen atoms in total. The average Bonchev–Trinajstić information content (AvgIpc) is 2.33. The molecule has 1 aromatic carbocycles. The molecule has 0 aliphatic heterocycles. The SMILES string of the molecule is CC(C)(CCCCSc1ccc(Cl)c(Cl)c1)C(=O)O. The van der Waals surface area contributed by atoms with Crippen LogP contribution in [-0.4, -0.2) is 16.8 Å². The Labute approximate surface area is 128 Å². The quantitative estimate of drug-likeness (QED) is 0.542. The molecule has 0 bridgehead atoms. The first-order chi connectivity index (χ1) is 8.83. The fourth-order valence-corrected chi connectivity index (χ4v) is 2.84. The van der Waals surface area contributed by atoms with Gasteiger partial charge in [0.15, 0.2) is 0 Å². The Bertz CT molecular complexity index is 447. The van der Waals surface area contributed by atoms with Crippen LogP contribution in [0.2, 0.25) is 10.0 Å². The minimum atomic E-state index is -0.732. The van der Waals surface area contributed by atoms with E-state index in [4.69, 9.17) is 28.3 Å². The van der Waals surface area contributed by atoms with E-state index in [2.05, 4.69) is 0 Å². The molecule has 0 aromatic heterocycles. The van der Waals surface area contributed by atoms with Crippen LogP contribution in [0.25, 0.3) is 0 Å². The second-order valence-corrected chi connectivity index (χ2v) is 7.05. The Morgan fingerprint density at radius 1 is 1.26 bits per heavy atom. The topological polar surface area (TPSA) is 37.3 Å². The molecule has 0 saturated carbocycles. The summed E-state index contributed by atoms with van der Waals surface area (Å²) in [6, 6.07) is 5.59. The Balaban J connectivity index is 2.28. The molecule has 0 radical (unpaired) electrons. The van der Waals surface area contributed by atoms with Crippen molar-refractivity contribution in [1.82, 2.24) is 0 Å². The summed E-state index contributed by atoms with van der Waals surface area (Å²) in [7, 11) is 0. The minimum Gasteiger partial charge on any atom is -0.481 e. The van der Waals surface area contributed by atoms with Crippen LogP contribution >= 0.6 is 35.0 Å². The molecule has 0 amide bonds. The Hall–Kier alpha value is -0.380. The van der Waals surface area contributed by atoms with E-state index in [1.165, 1.54) is 0 Å². The van der Waals surface area contributed by atoms with Crippen molar-refractivity contribution in [2.24, 2.45) is 5.41 Å². The van der Waals surface area contributed by atoms with Crippen molar-refractivity contribution in [3.8, 4) is 0 Å². The summed E-state index contributed by atoms with van der Waals surface area (Å²) in [6.45, 7) is 3.53. The fraction of sp³-hybridized carbons (Fsp3) is 0.500. The number of carboxylic acids is 1. The smallest absolute Gasteiger partial charge is 0.309 e. The van der Waals surface area contributed by atoms with Gasteiger partial charge in [0.25, 0.3) is 0 Å². The number of carbonyl (C=O) groups is 1. The van der Waals surface area contributed by atoms with Crippen LogP contribution in [-0.2, 0) is 4.79 Å². The standard InChI is InChI=1S/C14H18Cl2O2S/c1-14(2,13(17)18)7-3-4-8-19-10-5-6-11(15)12(16)9-10/h5-6,9H,3-4,7-8H2,1-2H3,(H,17,18). The first-order valence-electron chi connectivity index (χ1n) is 6.14. The molecule has 1 aromatic rings. The van der Waals surface area contributed by atoms with E-state index in [9.17, 15) is 4.79 Å². The molecule has 106 valence electrons. The maximum atomic E-state index is 10.9. The van der Waals surface area contributed by atoms with Gasteiger partial charge in [-0.2, -0.15) is 0 Å². The molecule has 0 atom stereocenters. The van der Waals surface area contributed by atoms with Crippen LogP contribution in [0, 0.1) is 5.41 Å². The molecule has 5 heteroatoms. The van der Waals surface area contributed by atoms with Crippen LogP contribution in [0.3, 0.4) is 0 Å². The monoisotopic (exact) mass is 320 g/mol. The molecule has 0 fully saturated rings.